The molecule has 12 nitrogen and oxygen atoms in total. The van der Waals surface area contributed by atoms with Crippen LogP contribution >= 0.6 is 22.7 Å². The summed E-state index contributed by atoms with van der Waals surface area (Å²) in [6.07, 6.45) is 3.03. The van der Waals surface area contributed by atoms with Crippen LogP contribution in [0.5, 0.6) is 0 Å². The fourth-order valence-corrected chi connectivity index (χ4v) is 5.25. The van der Waals surface area contributed by atoms with Crippen molar-refractivity contribution in [1.29, 1.82) is 0 Å². The standard InChI is InChI=1S/C26H41N7O5S2/c1-19(2)24-30-20(17-39-24)15-32(3)25(35)31-22(6-9-33-10-12-37-13-11-33)23(34)28-7-4-5-8-29-26(36)38-16-21-14-27-18-40-21/h14,17-19,22H,4-13,15-16H2,1-3H3,(H,28,34)(H,29,36)(H,31,35). The first kappa shape index (κ1) is 31.7. The maximum Gasteiger partial charge on any atom is 0.407 e. The molecule has 0 aliphatic carbocycles. The lowest BCUT2D eigenvalue weighted by molar-refractivity contribution is -0.123. The molecule has 40 heavy (non-hydrogen) atoms. The number of nitrogens with one attached hydrogen (secondary N) is 3. The molecule has 0 radical (unpaired) electrons. The fourth-order valence-electron chi connectivity index (χ4n) is 3.92. The number of alkyl carbamates (subject to hydrolysis) is 1. The van der Waals surface area contributed by atoms with Crippen LogP contribution in [0.3, 0.4) is 0 Å². The van der Waals surface area contributed by atoms with Crippen LogP contribution in [0.1, 0.15) is 54.6 Å². The first-order chi connectivity index (χ1) is 19.3. The van der Waals surface area contributed by atoms with Crippen LogP contribution in [0.4, 0.5) is 9.59 Å². The summed E-state index contributed by atoms with van der Waals surface area (Å²) < 4.78 is 10.6. The number of urea groups is 1. The molecule has 2 aromatic rings. The van der Waals surface area contributed by atoms with E-state index in [2.05, 4.69) is 44.7 Å². The van der Waals surface area contributed by atoms with Crippen molar-refractivity contribution in [1.82, 2.24) is 35.7 Å². The largest absolute Gasteiger partial charge is 0.444 e. The number of hydrogen-bond acceptors (Lipinski definition) is 10. The van der Waals surface area contributed by atoms with Gasteiger partial charge in [0.2, 0.25) is 5.91 Å². The van der Waals surface area contributed by atoms with Gasteiger partial charge < -0.3 is 30.3 Å². The number of unbranched alkanes of at least 4 members (excludes halogenated alkanes) is 1. The van der Waals surface area contributed by atoms with E-state index < -0.39 is 12.1 Å². The molecule has 14 heteroatoms. The Morgan fingerprint density at radius 1 is 1.15 bits per heavy atom. The van der Waals surface area contributed by atoms with Crippen LogP contribution in [0.2, 0.25) is 0 Å². The molecule has 0 bridgehead atoms. The van der Waals surface area contributed by atoms with Gasteiger partial charge in [0, 0.05) is 57.3 Å². The maximum absolute atomic E-state index is 13.1. The Bertz CT molecular complexity index is 1040. The Morgan fingerprint density at radius 3 is 2.58 bits per heavy atom. The van der Waals surface area contributed by atoms with E-state index in [9.17, 15) is 14.4 Å². The van der Waals surface area contributed by atoms with Crippen LogP contribution in [0.15, 0.2) is 17.1 Å². The second kappa shape index (κ2) is 17.1. The fraction of sp³-hybridized carbons (Fsp3) is 0.654. The van der Waals surface area contributed by atoms with Crippen molar-refractivity contribution < 1.29 is 23.9 Å². The number of ether oxygens (including phenoxy) is 2. The zero-order valence-corrected chi connectivity index (χ0v) is 25.2. The highest BCUT2D eigenvalue weighted by Gasteiger charge is 2.24. The van der Waals surface area contributed by atoms with E-state index in [0.29, 0.717) is 64.6 Å². The average Bonchev–Trinajstić information content (AvgIpc) is 3.64. The Balaban J connectivity index is 1.40. The van der Waals surface area contributed by atoms with Gasteiger partial charge in [0.05, 0.1) is 40.8 Å². The summed E-state index contributed by atoms with van der Waals surface area (Å²) >= 11 is 3.02. The number of rotatable bonds is 15. The first-order valence-electron chi connectivity index (χ1n) is 13.6. The summed E-state index contributed by atoms with van der Waals surface area (Å²) in [5, 5.41) is 11.6. The lowest BCUT2D eigenvalue weighted by Gasteiger charge is -2.29. The van der Waals surface area contributed by atoms with Crippen molar-refractivity contribution >= 4 is 40.7 Å². The molecule has 1 aliphatic rings. The van der Waals surface area contributed by atoms with Crippen molar-refractivity contribution in [3.05, 3.63) is 32.7 Å². The molecule has 3 N–H and O–H groups in total. The van der Waals surface area contributed by atoms with Gasteiger partial charge in [0.15, 0.2) is 0 Å². The van der Waals surface area contributed by atoms with Gasteiger partial charge in [0.25, 0.3) is 0 Å². The number of hydrogen-bond donors (Lipinski definition) is 3. The van der Waals surface area contributed by atoms with E-state index >= 15 is 0 Å². The zero-order valence-electron chi connectivity index (χ0n) is 23.5. The third kappa shape index (κ3) is 11.4. The first-order valence-corrected chi connectivity index (χ1v) is 15.4. The highest BCUT2D eigenvalue weighted by Crippen LogP contribution is 2.19. The molecule has 1 saturated heterocycles. The van der Waals surface area contributed by atoms with Gasteiger partial charge in [-0.3, -0.25) is 14.7 Å². The van der Waals surface area contributed by atoms with Crippen molar-refractivity contribution in [3.8, 4) is 0 Å². The van der Waals surface area contributed by atoms with E-state index in [0.717, 1.165) is 28.7 Å². The normalized spacial score (nSPS) is 14.5. The van der Waals surface area contributed by atoms with Crippen LogP contribution in [0.25, 0.3) is 0 Å². The molecule has 1 atom stereocenters. The third-order valence-electron chi connectivity index (χ3n) is 6.26. The van der Waals surface area contributed by atoms with Gasteiger partial charge in [-0.25, -0.2) is 14.6 Å². The van der Waals surface area contributed by atoms with E-state index in [1.807, 2.05) is 5.38 Å². The highest BCUT2D eigenvalue weighted by atomic mass is 32.1. The smallest absolute Gasteiger partial charge is 0.407 e. The predicted molar refractivity (Wildman–Crippen MR) is 154 cm³/mol. The van der Waals surface area contributed by atoms with E-state index in [1.165, 1.54) is 11.3 Å². The molecule has 1 fully saturated rings. The molecule has 222 valence electrons. The summed E-state index contributed by atoms with van der Waals surface area (Å²) in [6, 6.07) is -0.985. The highest BCUT2D eigenvalue weighted by molar-refractivity contribution is 7.09. The van der Waals surface area contributed by atoms with Crippen molar-refractivity contribution in [2.24, 2.45) is 0 Å². The molecule has 2 aromatic heterocycles. The molecule has 1 aliphatic heterocycles. The van der Waals surface area contributed by atoms with Gasteiger partial charge in [-0.15, -0.1) is 22.7 Å². The molecule has 0 saturated carbocycles. The Morgan fingerprint density at radius 2 is 1.90 bits per heavy atom. The van der Waals surface area contributed by atoms with Gasteiger partial charge in [-0.05, 0) is 19.3 Å². The second-order valence-corrected chi connectivity index (χ2v) is 11.8. The number of nitrogens with zero attached hydrogens (tertiary/aromatic N) is 4. The zero-order chi connectivity index (χ0) is 28.7. The maximum atomic E-state index is 13.1. The van der Waals surface area contributed by atoms with Gasteiger partial charge in [0.1, 0.15) is 12.6 Å². The quantitative estimate of drug-likeness (QED) is 0.267. The molecule has 3 heterocycles. The summed E-state index contributed by atoms with van der Waals surface area (Å²) in [4.78, 5) is 51.0. The topological polar surface area (TPSA) is 138 Å². The Labute approximate surface area is 243 Å². The van der Waals surface area contributed by atoms with Gasteiger partial charge >= 0.3 is 12.1 Å². The number of carbonyl (C=O) groups excluding carboxylic acids is 3. The monoisotopic (exact) mass is 595 g/mol. The number of amides is 4. The second-order valence-electron chi connectivity index (χ2n) is 9.90. The van der Waals surface area contributed by atoms with Crippen molar-refractivity contribution in [2.45, 2.75) is 58.2 Å². The molecule has 0 aromatic carbocycles. The molecule has 4 amide bonds. The number of carbonyl (C=O) groups is 3. The van der Waals surface area contributed by atoms with E-state index in [-0.39, 0.29) is 18.5 Å². The average molecular weight is 596 g/mol. The molecule has 3 rings (SSSR count). The van der Waals surface area contributed by atoms with E-state index in [4.69, 9.17) is 9.47 Å². The number of aromatic nitrogens is 2. The minimum absolute atomic E-state index is 0.196. The van der Waals surface area contributed by atoms with Crippen LogP contribution in [-0.4, -0.2) is 96.8 Å². The predicted octanol–water partition coefficient (Wildman–Crippen LogP) is 2.78. The summed E-state index contributed by atoms with van der Waals surface area (Å²) in [5.74, 6) is 0.118. The van der Waals surface area contributed by atoms with Crippen LogP contribution < -0.4 is 16.0 Å². The molecule has 1 unspecified atom stereocenters. The lowest BCUT2D eigenvalue weighted by Crippen LogP contribution is -2.52. The number of thiazole rings is 2. The summed E-state index contributed by atoms with van der Waals surface area (Å²) in [7, 11) is 1.70. The molecular weight excluding hydrogens is 554 g/mol. The van der Waals surface area contributed by atoms with Crippen molar-refractivity contribution in [3.63, 3.8) is 0 Å². The summed E-state index contributed by atoms with van der Waals surface area (Å²) in [5.41, 5.74) is 2.52. The Hall–Kier alpha value is -2.81. The minimum Gasteiger partial charge on any atom is -0.444 e. The summed E-state index contributed by atoms with van der Waals surface area (Å²) in [6.45, 7) is 9.27. The minimum atomic E-state index is -0.667. The van der Waals surface area contributed by atoms with Gasteiger partial charge in [-0.2, -0.15) is 0 Å². The van der Waals surface area contributed by atoms with E-state index in [1.54, 1.807) is 35.0 Å². The van der Waals surface area contributed by atoms with Crippen LogP contribution in [-0.2, 0) is 27.4 Å². The molecule has 0 spiro atoms. The van der Waals surface area contributed by atoms with Crippen molar-refractivity contribution in [2.75, 3.05) is 53.0 Å². The SMILES string of the molecule is CC(C)c1nc(CN(C)C(=O)NC(CCN2CCOCC2)C(=O)NCCCCNC(=O)OCc2cncs2)cs1. The third-order valence-corrected chi connectivity index (χ3v) is 8.21. The Kier molecular flexibility index (Phi) is 13.6. The van der Waals surface area contributed by atoms with Gasteiger partial charge in [-0.1, -0.05) is 13.8 Å². The number of morpholine rings is 1. The lowest BCUT2D eigenvalue weighted by atomic mass is 10.1. The molecular formula is C26H41N7O5S2. The van der Waals surface area contributed by atoms with Crippen LogP contribution in [0, 0.1) is 0 Å².